The molecule has 0 aliphatic heterocycles. The van der Waals surface area contributed by atoms with Crippen molar-refractivity contribution >= 4 is 17.7 Å². The number of hydrogen-bond acceptors (Lipinski definition) is 7. The van der Waals surface area contributed by atoms with Crippen LogP contribution in [0.4, 0.5) is 0 Å². The number of carbonyl (C=O) groups is 1. The summed E-state index contributed by atoms with van der Waals surface area (Å²) in [5.74, 6) is 1.46. The number of nitrogens with one attached hydrogen (secondary N) is 1. The van der Waals surface area contributed by atoms with E-state index in [4.69, 9.17) is 9.47 Å². The lowest BCUT2D eigenvalue weighted by Crippen LogP contribution is -2.25. The lowest BCUT2D eigenvalue weighted by molar-refractivity contribution is -0.118. The van der Waals surface area contributed by atoms with Crippen molar-refractivity contribution < 1.29 is 14.3 Å². The Bertz CT molecular complexity index is 730. The van der Waals surface area contributed by atoms with E-state index in [1.807, 2.05) is 31.5 Å². The zero-order chi connectivity index (χ0) is 19.6. The third kappa shape index (κ3) is 5.70. The fraction of sp³-hybridized carbons (Fsp3) is 0.647. The predicted octanol–water partition coefficient (Wildman–Crippen LogP) is 1.82. The Labute approximate surface area is 163 Å². The maximum Gasteiger partial charge on any atom is 0.243 e. The average Bonchev–Trinajstić information content (AvgIpc) is 3.26. The number of hydrogen-bond donors (Lipinski definition) is 1. The van der Waals surface area contributed by atoms with Crippen LogP contribution in [0.5, 0.6) is 5.88 Å². The highest BCUT2D eigenvalue weighted by atomic mass is 32.2. The summed E-state index contributed by atoms with van der Waals surface area (Å²) < 4.78 is 14.6. The van der Waals surface area contributed by atoms with Gasteiger partial charge in [-0.3, -0.25) is 14.0 Å². The second kappa shape index (κ2) is 10.9. The predicted molar refractivity (Wildman–Crippen MR) is 104 cm³/mol. The number of ether oxygens (including phenoxy) is 2. The summed E-state index contributed by atoms with van der Waals surface area (Å²) in [7, 11) is 1.65. The standard InChI is InChI=1S/C17H28N6O3S/c1-5-8-18-14(24)12-27-17-20-19-15(23(17)9-10-25-4)13-11-22(6-2)21-16(13)26-7-3/h11H,5-10,12H2,1-4H3,(H,18,24). The van der Waals surface area contributed by atoms with Gasteiger partial charge in [0.1, 0.15) is 5.56 Å². The van der Waals surface area contributed by atoms with E-state index < -0.39 is 0 Å². The summed E-state index contributed by atoms with van der Waals surface area (Å²) >= 11 is 1.36. The molecule has 150 valence electrons. The third-order valence-corrected chi connectivity index (χ3v) is 4.68. The molecule has 10 heteroatoms. The van der Waals surface area contributed by atoms with Crippen LogP contribution in [0.1, 0.15) is 27.2 Å². The number of aryl methyl sites for hydroxylation is 1. The Morgan fingerprint density at radius 3 is 2.78 bits per heavy atom. The van der Waals surface area contributed by atoms with Crippen molar-refractivity contribution in [2.75, 3.05) is 32.6 Å². The molecule has 2 heterocycles. The minimum absolute atomic E-state index is 0.0153. The van der Waals surface area contributed by atoms with E-state index in [2.05, 4.69) is 20.6 Å². The quantitative estimate of drug-likeness (QED) is 0.547. The molecule has 2 aromatic heterocycles. The molecule has 0 atom stereocenters. The minimum Gasteiger partial charge on any atom is -0.476 e. The van der Waals surface area contributed by atoms with Crippen molar-refractivity contribution in [3.63, 3.8) is 0 Å². The summed E-state index contributed by atoms with van der Waals surface area (Å²) in [6, 6.07) is 0. The smallest absolute Gasteiger partial charge is 0.243 e. The van der Waals surface area contributed by atoms with Crippen LogP contribution in [-0.4, -0.2) is 63.1 Å². The van der Waals surface area contributed by atoms with E-state index in [0.29, 0.717) is 43.2 Å². The average molecular weight is 397 g/mol. The molecule has 0 aliphatic carbocycles. The van der Waals surface area contributed by atoms with Gasteiger partial charge in [-0.15, -0.1) is 15.3 Å². The van der Waals surface area contributed by atoms with E-state index in [-0.39, 0.29) is 11.7 Å². The van der Waals surface area contributed by atoms with Crippen molar-refractivity contribution in [2.24, 2.45) is 0 Å². The number of methoxy groups -OCH3 is 1. The van der Waals surface area contributed by atoms with Crippen LogP contribution in [0.15, 0.2) is 11.4 Å². The van der Waals surface area contributed by atoms with E-state index in [9.17, 15) is 4.79 Å². The van der Waals surface area contributed by atoms with Gasteiger partial charge < -0.3 is 14.8 Å². The Balaban J connectivity index is 2.27. The van der Waals surface area contributed by atoms with Gasteiger partial charge in [0.25, 0.3) is 0 Å². The first-order valence-corrected chi connectivity index (χ1v) is 10.1. The molecule has 0 fully saturated rings. The van der Waals surface area contributed by atoms with Crippen molar-refractivity contribution in [3.05, 3.63) is 6.20 Å². The molecule has 0 aromatic carbocycles. The van der Waals surface area contributed by atoms with Crippen molar-refractivity contribution in [2.45, 2.75) is 45.4 Å². The van der Waals surface area contributed by atoms with Crippen molar-refractivity contribution in [3.8, 4) is 17.3 Å². The maximum absolute atomic E-state index is 11.9. The zero-order valence-corrected chi connectivity index (χ0v) is 17.2. The highest BCUT2D eigenvalue weighted by molar-refractivity contribution is 7.99. The van der Waals surface area contributed by atoms with Gasteiger partial charge in [0.15, 0.2) is 11.0 Å². The summed E-state index contributed by atoms with van der Waals surface area (Å²) in [5, 5.41) is 16.6. The molecule has 0 spiro atoms. The first kappa shape index (κ1) is 21.2. The lowest BCUT2D eigenvalue weighted by atomic mass is 10.3. The molecule has 27 heavy (non-hydrogen) atoms. The Morgan fingerprint density at radius 2 is 2.11 bits per heavy atom. The summed E-state index contributed by atoms with van der Waals surface area (Å²) in [5.41, 5.74) is 0.782. The number of carbonyl (C=O) groups excluding carboxylic acids is 1. The summed E-state index contributed by atoms with van der Waals surface area (Å²) in [4.78, 5) is 11.9. The van der Waals surface area contributed by atoms with E-state index in [0.717, 1.165) is 18.5 Å². The van der Waals surface area contributed by atoms with Crippen LogP contribution in [0.3, 0.4) is 0 Å². The normalized spacial score (nSPS) is 11.0. The molecule has 0 saturated carbocycles. The molecule has 2 rings (SSSR count). The maximum atomic E-state index is 11.9. The Kier molecular flexibility index (Phi) is 8.59. The first-order valence-electron chi connectivity index (χ1n) is 9.16. The van der Waals surface area contributed by atoms with Gasteiger partial charge in [0, 0.05) is 26.4 Å². The van der Waals surface area contributed by atoms with Gasteiger partial charge in [0.05, 0.1) is 25.5 Å². The van der Waals surface area contributed by atoms with Gasteiger partial charge in [-0.1, -0.05) is 18.7 Å². The van der Waals surface area contributed by atoms with Crippen LogP contribution in [0, 0.1) is 0 Å². The molecule has 1 amide bonds. The lowest BCUT2D eigenvalue weighted by Gasteiger charge is -2.09. The van der Waals surface area contributed by atoms with E-state index in [1.54, 1.807) is 11.8 Å². The molecule has 2 aromatic rings. The van der Waals surface area contributed by atoms with Crippen molar-refractivity contribution in [1.29, 1.82) is 0 Å². The molecular formula is C17H28N6O3S. The Morgan fingerprint density at radius 1 is 1.30 bits per heavy atom. The minimum atomic E-state index is -0.0153. The van der Waals surface area contributed by atoms with E-state index in [1.165, 1.54) is 11.8 Å². The summed E-state index contributed by atoms with van der Waals surface area (Å²) in [6.45, 7) is 8.94. The molecule has 0 saturated heterocycles. The highest BCUT2D eigenvalue weighted by Gasteiger charge is 2.21. The van der Waals surface area contributed by atoms with E-state index >= 15 is 0 Å². The largest absolute Gasteiger partial charge is 0.476 e. The molecule has 9 nitrogen and oxygen atoms in total. The fourth-order valence-electron chi connectivity index (χ4n) is 2.39. The molecule has 0 aliphatic rings. The van der Waals surface area contributed by atoms with Crippen LogP contribution < -0.4 is 10.1 Å². The fourth-order valence-corrected chi connectivity index (χ4v) is 3.18. The van der Waals surface area contributed by atoms with Gasteiger partial charge in [-0.2, -0.15) is 0 Å². The molecule has 0 unspecified atom stereocenters. The highest BCUT2D eigenvalue weighted by Crippen LogP contribution is 2.30. The van der Waals surface area contributed by atoms with Crippen molar-refractivity contribution in [1.82, 2.24) is 29.9 Å². The summed E-state index contributed by atoms with van der Waals surface area (Å²) in [6.07, 6.45) is 2.81. The monoisotopic (exact) mass is 396 g/mol. The number of rotatable bonds is 12. The van der Waals surface area contributed by atoms with Gasteiger partial charge in [0.2, 0.25) is 11.8 Å². The SMILES string of the molecule is CCCNC(=O)CSc1nnc(-c2cn(CC)nc2OCC)n1CCOC. The molecule has 1 N–H and O–H groups in total. The Hall–Kier alpha value is -2.07. The third-order valence-electron chi connectivity index (χ3n) is 3.71. The zero-order valence-electron chi connectivity index (χ0n) is 16.4. The van der Waals surface area contributed by atoms with Gasteiger partial charge >= 0.3 is 0 Å². The number of nitrogens with zero attached hydrogens (tertiary/aromatic N) is 5. The second-order valence-electron chi connectivity index (χ2n) is 5.73. The topological polar surface area (TPSA) is 96.1 Å². The van der Waals surface area contributed by atoms with Crippen LogP contribution >= 0.6 is 11.8 Å². The molecule has 0 radical (unpaired) electrons. The van der Waals surface area contributed by atoms with Crippen LogP contribution in [-0.2, 0) is 22.6 Å². The number of thioether (sulfide) groups is 1. The van der Waals surface area contributed by atoms with Gasteiger partial charge in [-0.25, -0.2) is 0 Å². The first-order chi connectivity index (χ1) is 13.1. The molecular weight excluding hydrogens is 368 g/mol. The number of amides is 1. The number of aromatic nitrogens is 5. The second-order valence-corrected chi connectivity index (χ2v) is 6.67. The van der Waals surface area contributed by atoms with Gasteiger partial charge in [-0.05, 0) is 20.3 Å². The molecule has 0 bridgehead atoms. The van der Waals surface area contributed by atoms with Crippen LogP contribution in [0.25, 0.3) is 11.4 Å². The van der Waals surface area contributed by atoms with Crippen LogP contribution in [0.2, 0.25) is 0 Å².